The molecule has 1 atom stereocenters. The molecule has 3 rings (SSSR count). The standard InChI is InChI=1S/C21H30N4O3S/c1-16(2)15-29(27,28)21-23-11-19(25(21)12-17-7-4-3-5-8-17)14-24-10-6-9-18(13-24)20(22)26/h3-5,7-8,11,16,18H,6,9-10,12-15H2,1-2H3,(H2,22,26). The Hall–Kier alpha value is -2.19. The molecule has 0 bridgehead atoms. The summed E-state index contributed by atoms with van der Waals surface area (Å²) in [6, 6.07) is 9.78. The van der Waals surface area contributed by atoms with Gasteiger partial charge in [-0.3, -0.25) is 9.69 Å². The predicted molar refractivity (Wildman–Crippen MR) is 112 cm³/mol. The van der Waals surface area contributed by atoms with Crippen molar-refractivity contribution < 1.29 is 13.2 Å². The van der Waals surface area contributed by atoms with Gasteiger partial charge in [-0.05, 0) is 30.9 Å². The van der Waals surface area contributed by atoms with Crippen molar-refractivity contribution in [3.63, 3.8) is 0 Å². The van der Waals surface area contributed by atoms with E-state index in [0.717, 1.165) is 30.6 Å². The van der Waals surface area contributed by atoms with E-state index in [9.17, 15) is 13.2 Å². The van der Waals surface area contributed by atoms with Gasteiger partial charge in [0.25, 0.3) is 0 Å². The van der Waals surface area contributed by atoms with Gasteiger partial charge in [0.1, 0.15) is 0 Å². The number of rotatable bonds is 8. The molecule has 1 aliphatic rings. The number of primary amides is 1. The highest BCUT2D eigenvalue weighted by Crippen LogP contribution is 2.22. The second-order valence-corrected chi connectivity index (χ2v) is 10.2. The molecule has 1 saturated heterocycles. The summed E-state index contributed by atoms with van der Waals surface area (Å²) in [5.41, 5.74) is 7.35. The number of sulfone groups is 1. The zero-order valence-electron chi connectivity index (χ0n) is 17.1. The van der Waals surface area contributed by atoms with Gasteiger partial charge in [0, 0.05) is 13.1 Å². The summed E-state index contributed by atoms with van der Waals surface area (Å²) >= 11 is 0. The molecule has 8 heteroatoms. The van der Waals surface area contributed by atoms with E-state index in [1.54, 1.807) is 10.8 Å². The average Bonchev–Trinajstić information content (AvgIpc) is 3.05. The molecule has 2 heterocycles. The number of carbonyl (C=O) groups excluding carboxylic acids is 1. The number of imidazole rings is 1. The molecular formula is C21H30N4O3S. The van der Waals surface area contributed by atoms with Crippen molar-refractivity contribution in [1.29, 1.82) is 0 Å². The van der Waals surface area contributed by atoms with Crippen LogP contribution in [0.3, 0.4) is 0 Å². The van der Waals surface area contributed by atoms with E-state index < -0.39 is 9.84 Å². The number of likely N-dealkylation sites (tertiary alicyclic amines) is 1. The molecule has 1 amide bonds. The first-order valence-electron chi connectivity index (χ1n) is 10.1. The molecule has 2 aromatic rings. The van der Waals surface area contributed by atoms with Crippen LogP contribution in [0.1, 0.15) is 37.9 Å². The van der Waals surface area contributed by atoms with E-state index >= 15 is 0 Å². The van der Waals surface area contributed by atoms with Crippen molar-refractivity contribution in [3.8, 4) is 0 Å². The van der Waals surface area contributed by atoms with Gasteiger partial charge in [0.15, 0.2) is 0 Å². The average molecular weight is 419 g/mol. The van der Waals surface area contributed by atoms with Crippen molar-refractivity contribution in [2.45, 2.75) is 44.9 Å². The Labute approximate surface area is 172 Å². The smallest absolute Gasteiger partial charge is 0.228 e. The number of hydrogen-bond acceptors (Lipinski definition) is 5. The monoisotopic (exact) mass is 418 g/mol. The van der Waals surface area contributed by atoms with Crippen molar-refractivity contribution in [2.24, 2.45) is 17.6 Å². The largest absolute Gasteiger partial charge is 0.369 e. The van der Waals surface area contributed by atoms with Crippen LogP contribution in [0.4, 0.5) is 0 Å². The van der Waals surface area contributed by atoms with Crippen LogP contribution >= 0.6 is 0 Å². The zero-order valence-corrected chi connectivity index (χ0v) is 17.9. The Morgan fingerprint density at radius 2 is 1.97 bits per heavy atom. The number of hydrogen-bond donors (Lipinski definition) is 1. The normalized spacial score (nSPS) is 18.2. The quantitative estimate of drug-likeness (QED) is 0.707. The number of carbonyl (C=O) groups is 1. The van der Waals surface area contributed by atoms with E-state index in [1.165, 1.54) is 0 Å². The van der Waals surface area contributed by atoms with E-state index in [2.05, 4.69) is 9.88 Å². The maximum Gasteiger partial charge on any atom is 0.228 e. The molecule has 1 unspecified atom stereocenters. The Morgan fingerprint density at radius 3 is 2.62 bits per heavy atom. The van der Waals surface area contributed by atoms with Gasteiger partial charge in [-0.1, -0.05) is 44.2 Å². The lowest BCUT2D eigenvalue weighted by Crippen LogP contribution is -2.41. The third kappa shape index (κ3) is 5.45. The van der Waals surface area contributed by atoms with Gasteiger partial charge in [-0.25, -0.2) is 13.4 Å². The molecule has 1 aromatic heterocycles. The Bertz CT molecular complexity index is 938. The first-order valence-corrected chi connectivity index (χ1v) is 11.7. The number of benzene rings is 1. The fourth-order valence-corrected chi connectivity index (χ4v) is 5.63. The van der Waals surface area contributed by atoms with E-state index in [1.807, 2.05) is 44.2 Å². The molecule has 0 radical (unpaired) electrons. The summed E-state index contributed by atoms with van der Waals surface area (Å²) in [5, 5.41) is 0.119. The van der Waals surface area contributed by atoms with Gasteiger partial charge in [-0.2, -0.15) is 0 Å². The zero-order chi connectivity index (χ0) is 21.0. The fraction of sp³-hybridized carbons (Fsp3) is 0.524. The summed E-state index contributed by atoms with van der Waals surface area (Å²) in [6.45, 7) is 6.21. The molecule has 29 heavy (non-hydrogen) atoms. The summed E-state index contributed by atoms with van der Waals surface area (Å²) < 4.78 is 27.7. The molecule has 0 aliphatic carbocycles. The first-order chi connectivity index (χ1) is 13.8. The number of aromatic nitrogens is 2. The molecule has 2 N–H and O–H groups in total. The minimum absolute atomic E-state index is 0.0174. The number of nitrogens with two attached hydrogens (primary N) is 1. The van der Waals surface area contributed by atoms with E-state index in [-0.39, 0.29) is 28.7 Å². The van der Waals surface area contributed by atoms with Crippen molar-refractivity contribution in [2.75, 3.05) is 18.8 Å². The first kappa shape index (κ1) is 21.5. The van der Waals surface area contributed by atoms with Crippen molar-refractivity contribution in [1.82, 2.24) is 14.5 Å². The van der Waals surface area contributed by atoms with Crippen molar-refractivity contribution >= 4 is 15.7 Å². The number of amides is 1. The van der Waals surface area contributed by atoms with E-state index in [4.69, 9.17) is 5.73 Å². The summed E-state index contributed by atoms with van der Waals surface area (Å²) in [6.07, 6.45) is 3.37. The van der Waals surface area contributed by atoms with Gasteiger partial charge in [-0.15, -0.1) is 0 Å². The molecule has 1 aliphatic heterocycles. The number of nitrogens with zero attached hydrogens (tertiary/aromatic N) is 3. The van der Waals surface area contributed by atoms with Crippen LogP contribution in [0.5, 0.6) is 0 Å². The van der Waals surface area contributed by atoms with E-state index in [0.29, 0.717) is 19.6 Å². The van der Waals surface area contributed by atoms with Crippen LogP contribution in [-0.4, -0.2) is 47.6 Å². The van der Waals surface area contributed by atoms with Crippen LogP contribution in [-0.2, 0) is 27.7 Å². The lowest BCUT2D eigenvalue weighted by atomic mass is 9.97. The highest BCUT2D eigenvalue weighted by Gasteiger charge is 2.28. The van der Waals surface area contributed by atoms with Crippen molar-refractivity contribution in [3.05, 3.63) is 47.8 Å². The van der Waals surface area contributed by atoms with Gasteiger partial charge < -0.3 is 10.3 Å². The minimum atomic E-state index is -3.50. The highest BCUT2D eigenvalue weighted by atomic mass is 32.2. The second-order valence-electron chi connectivity index (χ2n) is 8.26. The highest BCUT2D eigenvalue weighted by molar-refractivity contribution is 7.91. The lowest BCUT2D eigenvalue weighted by molar-refractivity contribution is -0.123. The second kappa shape index (κ2) is 9.09. The van der Waals surface area contributed by atoms with Crippen LogP contribution in [0.25, 0.3) is 0 Å². The maximum absolute atomic E-state index is 12.9. The summed E-state index contributed by atoms with van der Waals surface area (Å²) in [7, 11) is -3.50. The van der Waals surface area contributed by atoms with Crippen LogP contribution in [0.2, 0.25) is 0 Å². The summed E-state index contributed by atoms with van der Waals surface area (Å²) in [5.74, 6) is -0.346. The Morgan fingerprint density at radius 1 is 1.24 bits per heavy atom. The minimum Gasteiger partial charge on any atom is -0.369 e. The van der Waals surface area contributed by atoms with Gasteiger partial charge in [0.2, 0.25) is 20.9 Å². The maximum atomic E-state index is 12.9. The molecule has 1 fully saturated rings. The van der Waals surface area contributed by atoms with Crippen LogP contribution in [0, 0.1) is 11.8 Å². The lowest BCUT2D eigenvalue weighted by Gasteiger charge is -2.31. The fourth-order valence-electron chi connectivity index (χ4n) is 3.88. The Balaban J connectivity index is 1.91. The molecule has 0 saturated carbocycles. The van der Waals surface area contributed by atoms with Gasteiger partial charge in [0.05, 0.1) is 30.1 Å². The molecular weight excluding hydrogens is 388 g/mol. The predicted octanol–water partition coefficient (Wildman–Crippen LogP) is 2.06. The third-order valence-corrected chi connectivity index (χ3v) is 7.20. The SMILES string of the molecule is CC(C)CS(=O)(=O)c1ncc(CN2CCCC(C(N)=O)C2)n1Cc1ccccc1. The molecule has 1 aromatic carbocycles. The molecule has 158 valence electrons. The topological polar surface area (TPSA) is 98.3 Å². The van der Waals surface area contributed by atoms with Crippen LogP contribution < -0.4 is 5.73 Å². The molecule has 0 spiro atoms. The number of piperidine rings is 1. The Kier molecular flexibility index (Phi) is 6.74. The summed E-state index contributed by atoms with van der Waals surface area (Å²) in [4.78, 5) is 18.1. The third-order valence-electron chi connectivity index (χ3n) is 5.21. The van der Waals surface area contributed by atoms with Gasteiger partial charge >= 0.3 is 0 Å². The molecule has 7 nitrogen and oxygen atoms in total. The van der Waals surface area contributed by atoms with Crippen LogP contribution in [0.15, 0.2) is 41.7 Å².